The molecule has 0 atom stereocenters. The fraction of sp³-hybridized carbons (Fsp3) is 0.214. The average Bonchev–Trinajstić information content (AvgIpc) is 2.40. The molecule has 0 aliphatic heterocycles. The molecule has 0 saturated heterocycles. The maximum atomic E-state index is 6.01. The lowest BCUT2D eigenvalue weighted by molar-refractivity contribution is 0.306. The summed E-state index contributed by atoms with van der Waals surface area (Å²) in [5.41, 5.74) is 2.16. The summed E-state index contributed by atoms with van der Waals surface area (Å²) >= 11 is 6.01. The SMILES string of the molecule is CNCc1ccc(OCc2ccncc2Cl)cc1. The summed E-state index contributed by atoms with van der Waals surface area (Å²) in [6, 6.07) is 9.86. The highest BCUT2D eigenvalue weighted by molar-refractivity contribution is 6.31. The molecule has 3 nitrogen and oxygen atoms in total. The predicted octanol–water partition coefficient (Wildman–Crippen LogP) is 3.03. The van der Waals surface area contributed by atoms with Gasteiger partial charge in [0, 0.05) is 24.5 Å². The molecule has 1 aromatic heterocycles. The van der Waals surface area contributed by atoms with Gasteiger partial charge >= 0.3 is 0 Å². The largest absolute Gasteiger partial charge is 0.489 e. The zero-order valence-electron chi connectivity index (χ0n) is 10.2. The highest BCUT2D eigenvalue weighted by Gasteiger charge is 2.01. The first kappa shape index (κ1) is 12.9. The van der Waals surface area contributed by atoms with E-state index in [0.717, 1.165) is 17.9 Å². The Morgan fingerprint density at radius 1 is 1.22 bits per heavy atom. The van der Waals surface area contributed by atoms with Gasteiger partial charge in [0.05, 0.1) is 5.02 Å². The van der Waals surface area contributed by atoms with E-state index < -0.39 is 0 Å². The first-order valence-electron chi connectivity index (χ1n) is 5.74. The zero-order valence-corrected chi connectivity index (χ0v) is 10.9. The summed E-state index contributed by atoms with van der Waals surface area (Å²) in [4.78, 5) is 3.94. The number of halogens is 1. The molecule has 0 aliphatic carbocycles. The molecule has 0 amide bonds. The van der Waals surface area contributed by atoms with E-state index in [1.165, 1.54) is 5.56 Å². The van der Waals surface area contributed by atoms with E-state index in [1.54, 1.807) is 12.4 Å². The topological polar surface area (TPSA) is 34.1 Å². The second-order valence-electron chi connectivity index (χ2n) is 3.93. The molecule has 2 aromatic rings. The first-order valence-corrected chi connectivity index (χ1v) is 6.12. The number of aromatic nitrogens is 1. The van der Waals surface area contributed by atoms with Gasteiger partial charge in [-0.25, -0.2) is 0 Å². The zero-order chi connectivity index (χ0) is 12.8. The maximum absolute atomic E-state index is 6.01. The van der Waals surface area contributed by atoms with Crippen LogP contribution < -0.4 is 10.1 Å². The van der Waals surface area contributed by atoms with Crippen molar-refractivity contribution in [3.8, 4) is 5.75 Å². The van der Waals surface area contributed by atoms with Crippen molar-refractivity contribution in [3.63, 3.8) is 0 Å². The molecule has 0 spiro atoms. The minimum Gasteiger partial charge on any atom is -0.489 e. The van der Waals surface area contributed by atoms with Crippen LogP contribution in [0.4, 0.5) is 0 Å². The smallest absolute Gasteiger partial charge is 0.119 e. The van der Waals surface area contributed by atoms with Crippen molar-refractivity contribution in [1.82, 2.24) is 10.3 Å². The minimum atomic E-state index is 0.451. The lowest BCUT2D eigenvalue weighted by Crippen LogP contribution is -2.04. The van der Waals surface area contributed by atoms with Crippen molar-refractivity contribution in [1.29, 1.82) is 0 Å². The van der Waals surface area contributed by atoms with Crippen molar-refractivity contribution in [2.75, 3.05) is 7.05 Å². The summed E-state index contributed by atoms with van der Waals surface area (Å²) in [6.07, 6.45) is 3.33. The van der Waals surface area contributed by atoms with Crippen molar-refractivity contribution >= 4 is 11.6 Å². The number of ether oxygens (including phenoxy) is 1. The Hall–Kier alpha value is -1.58. The third kappa shape index (κ3) is 3.45. The maximum Gasteiger partial charge on any atom is 0.119 e. The van der Waals surface area contributed by atoms with Gasteiger partial charge in [-0.3, -0.25) is 4.98 Å². The molecule has 0 bridgehead atoms. The molecular weight excluding hydrogens is 248 g/mol. The molecule has 0 fully saturated rings. The van der Waals surface area contributed by atoms with E-state index in [1.807, 2.05) is 37.4 Å². The van der Waals surface area contributed by atoms with Crippen LogP contribution in [0.25, 0.3) is 0 Å². The number of nitrogens with zero attached hydrogens (tertiary/aromatic N) is 1. The van der Waals surface area contributed by atoms with Gasteiger partial charge in [0.15, 0.2) is 0 Å². The van der Waals surface area contributed by atoms with Gasteiger partial charge in [-0.1, -0.05) is 23.7 Å². The predicted molar refractivity (Wildman–Crippen MR) is 72.8 cm³/mol. The van der Waals surface area contributed by atoms with Crippen LogP contribution in [0.5, 0.6) is 5.75 Å². The molecule has 1 heterocycles. The van der Waals surface area contributed by atoms with Crippen LogP contribution >= 0.6 is 11.6 Å². The van der Waals surface area contributed by atoms with E-state index in [0.29, 0.717) is 11.6 Å². The normalized spacial score (nSPS) is 10.3. The lowest BCUT2D eigenvalue weighted by Gasteiger charge is -2.08. The minimum absolute atomic E-state index is 0.451. The van der Waals surface area contributed by atoms with Crippen molar-refractivity contribution in [3.05, 3.63) is 58.9 Å². The van der Waals surface area contributed by atoms with Crippen LogP contribution in [0.15, 0.2) is 42.7 Å². The average molecular weight is 263 g/mol. The van der Waals surface area contributed by atoms with Gasteiger partial charge in [0.2, 0.25) is 0 Å². The van der Waals surface area contributed by atoms with Crippen molar-refractivity contribution in [2.24, 2.45) is 0 Å². The second-order valence-corrected chi connectivity index (χ2v) is 4.34. The highest BCUT2D eigenvalue weighted by atomic mass is 35.5. The van der Waals surface area contributed by atoms with E-state index in [9.17, 15) is 0 Å². The summed E-state index contributed by atoms with van der Waals surface area (Å²) in [7, 11) is 1.93. The number of nitrogens with one attached hydrogen (secondary N) is 1. The van der Waals surface area contributed by atoms with Crippen molar-refractivity contribution < 1.29 is 4.74 Å². The Morgan fingerprint density at radius 2 is 2.00 bits per heavy atom. The molecule has 0 unspecified atom stereocenters. The van der Waals surface area contributed by atoms with Gasteiger partial charge in [0.25, 0.3) is 0 Å². The van der Waals surface area contributed by atoms with Crippen LogP contribution in [-0.4, -0.2) is 12.0 Å². The fourth-order valence-corrected chi connectivity index (χ4v) is 1.76. The quantitative estimate of drug-likeness (QED) is 0.899. The number of rotatable bonds is 5. The van der Waals surface area contributed by atoms with Gasteiger partial charge < -0.3 is 10.1 Å². The number of hydrogen-bond acceptors (Lipinski definition) is 3. The molecular formula is C14H15ClN2O. The Labute approximate surface area is 112 Å². The van der Waals surface area contributed by atoms with Gasteiger partial charge in [-0.05, 0) is 30.8 Å². The van der Waals surface area contributed by atoms with E-state index in [2.05, 4.69) is 10.3 Å². The van der Waals surface area contributed by atoms with E-state index in [4.69, 9.17) is 16.3 Å². The van der Waals surface area contributed by atoms with Gasteiger partial charge in [-0.15, -0.1) is 0 Å². The third-order valence-corrected chi connectivity index (χ3v) is 2.90. The molecule has 4 heteroatoms. The molecule has 0 aliphatic rings. The molecule has 18 heavy (non-hydrogen) atoms. The molecule has 1 N–H and O–H groups in total. The highest BCUT2D eigenvalue weighted by Crippen LogP contribution is 2.18. The number of benzene rings is 1. The number of hydrogen-bond donors (Lipinski definition) is 1. The Morgan fingerprint density at radius 3 is 2.67 bits per heavy atom. The Balaban J connectivity index is 1.96. The van der Waals surface area contributed by atoms with E-state index in [-0.39, 0.29) is 0 Å². The van der Waals surface area contributed by atoms with Crippen LogP contribution in [0.1, 0.15) is 11.1 Å². The first-order chi connectivity index (χ1) is 8.79. The van der Waals surface area contributed by atoms with Crippen LogP contribution in [0.3, 0.4) is 0 Å². The number of pyridine rings is 1. The Kier molecular flexibility index (Phi) is 4.56. The summed E-state index contributed by atoms with van der Waals surface area (Å²) in [5, 5.41) is 3.73. The third-order valence-electron chi connectivity index (χ3n) is 2.56. The summed E-state index contributed by atoms with van der Waals surface area (Å²) < 4.78 is 5.67. The molecule has 0 saturated carbocycles. The van der Waals surface area contributed by atoms with E-state index >= 15 is 0 Å². The standard InChI is InChI=1S/C14H15ClN2O/c1-16-8-11-2-4-13(5-3-11)18-10-12-6-7-17-9-14(12)15/h2-7,9,16H,8,10H2,1H3. The molecule has 2 rings (SSSR count). The van der Waals surface area contributed by atoms with Gasteiger partial charge in [0.1, 0.15) is 12.4 Å². The fourth-order valence-electron chi connectivity index (χ4n) is 1.59. The second kappa shape index (κ2) is 6.38. The van der Waals surface area contributed by atoms with Crippen LogP contribution in [0, 0.1) is 0 Å². The lowest BCUT2D eigenvalue weighted by atomic mass is 10.2. The summed E-state index contributed by atoms with van der Waals surface area (Å²) in [6.45, 7) is 1.31. The summed E-state index contributed by atoms with van der Waals surface area (Å²) in [5.74, 6) is 0.836. The van der Waals surface area contributed by atoms with Gasteiger partial charge in [-0.2, -0.15) is 0 Å². The Bertz CT molecular complexity index is 499. The molecule has 1 aromatic carbocycles. The molecule has 94 valence electrons. The molecule has 0 radical (unpaired) electrons. The monoisotopic (exact) mass is 262 g/mol. The van der Waals surface area contributed by atoms with Crippen molar-refractivity contribution in [2.45, 2.75) is 13.2 Å². The van der Waals surface area contributed by atoms with Crippen LogP contribution in [-0.2, 0) is 13.2 Å². The van der Waals surface area contributed by atoms with Crippen LogP contribution in [0.2, 0.25) is 5.02 Å².